The van der Waals surface area contributed by atoms with E-state index in [2.05, 4.69) is 20.9 Å². The number of rotatable bonds is 9. The van der Waals surface area contributed by atoms with Crippen LogP contribution in [-0.4, -0.2) is 45.7 Å². The highest BCUT2D eigenvalue weighted by atomic mass is 16.7. The van der Waals surface area contributed by atoms with Crippen molar-refractivity contribution in [1.82, 2.24) is 25.8 Å². The highest BCUT2D eigenvalue weighted by molar-refractivity contribution is 5.87. The first-order valence-electron chi connectivity index (χ1n) is 10.9. The minimum absolute atomic E-state index is 0.0725. The van der Waals surface area contributed by atoms with Gasteiger partial charge in [0.05, 0.1) is 0 Å². The van der Waals surface area contributed by atoms with Crippen LogP contribution in [0.25, 0.3) is 11.0 Å². The standard InChI is InChI=1S/C25H23N5O5/c31-23(16-26-25(33)34-17-19-11-5-2-6-12-19)27-21(15-18-9-3-1-4-10-18)24(32)35-30-22-14-8-7-13-20(22)28-29-30/h1-14,21H,15-17H2,(H,26,33)(H,27,31)/t21-/m0/s1. The fourth-order valence-corrected chi connectivity index (χ4v) is 3.28. The molecule has 1 heterocycles. The van der Waals surface area contributed by atoms with Crippen molar-refractivity contribution in [1.29, 1.82) is 0 Å². The molecule has 0 fully saturated rings. The van der Waals surface area contributed by atoms with E-state index in [1.165, 1.54) is 0 Å². The van der Waals surface area contributed by atoms with Crippen LogP contribution in [0.3, 0.4) is 0 Å². The van der Waals surface area contributed by atoms with Gasteiger partial charge in [0.25, 0.3) is 0 Å². The zero-order valence-corrected chi connectivity index (χ0v) is 18.7. The molecule has 10 nitrogen and oxygen atoms in total. The molecule has 1 atom stereocenters. The highest BCUT2D eigenvalue weighted by Gasteiger charge is 2.25. The number of carbonyl (C=O) groups is 3. The SMILES string of the molecule is O=C(CNC(=O)OCc1ccccc1)N[C@@H](Cc1ccccc1)C(=O)On1nnc2ccccc21. The fraction of sp³-hybridized carbons (Fsp3) is 0.160. The van der Waals surface area contributed by atoms with Crippen LogP contribution < -0.4 is 15.5 Å². The summed E-state index contributed by atoms with van der Waals surface area (Å²) in [6, 6.07) is 24.3. The van der Waals surface area contributed by atoms with Crippen LogP contribution in [0.5, 0.6) is 0 Å². The van der Waals surface area contributed by atoms with Gasteiger partial charge in [-0.2, -0.15) is 0 Å². The molecule has 178 valence electrons. The van der Waals surface area contributed by atoms with Crippen LogP contribution in [0.4, 0.5) is 4.79 Å². The third-order valence-corrected chi connectivity index (χ3v) is 5.01. The summed E-state index contributed by atoms with van der Waals surface area (Å²) >= 11 is 0. The van der Waals surface area contributed by atoms with Gasteiger partial charge in [0, 0.05) is 6.42 Å². The second-order valence-corrected chi connectivity index (χ2v) is 7.59. The van der Waals surface area contributed by atoms with Crippen LogP contribution >= 0.6 is 0 Å². The van der Waals surface area contributed by atoms with Crippen LogP contribution in [0.2, 0.25) is 0 Å². The lowest BCUT2D eigenvalue weighted by molar-refractivity contribution is -0.149. The molecule has 0 aliphatic rings. The van der Waals surface area contributed by atoms with Gasteiger partial charge in [-0.3, -0.25) is 4.79 Å². The molecule has 0 aliphatic carbocycles. The van der Waals surface area contributed by atoms with E-state index in [0.717, 1.165) is 16.0 Å². The summed E-state index contributed by atoms with van der Waals surface area (Å²) in [4.78, 5) is 43.8. The Morgan fingerprint density at radius 1 is 0.857 bits per heavy atom. The quantitative estimate of drug-likeness (QED) is 0.357. The van der Waals surface area contributed by atoms with Gasteiger partial charge in [0.1, 0.15) is 30.2 Å². The molecule has 0 radical (unpaired) electrons. The van der Waals surface area contributed by atoms with Gasteiger partial charge in [0.15, 0.2) is 0 Å². The van der Waals surface area contributed by atoms with Gasteiger partial charge in [-0.25, -0.2) is 9.59 Å². The molecule has 0 saturated heterocycles. The number of nitrogens with zero attached hydrogens (tertiary/aromatic N) is 3. The molecule has 4 aromatic rings. The van der Waals surface area contributed by atoms with Crippen molar-refractivity contribution in [2.45, 2.75) is 19.1 Å². The average molecular weight is 473 g/mol. The number of amides is 2. The molecular formula is C25H23N5O5. The Labute approximate surface area is 200 Å². The van der Waals surface area contributed by atoms with Crippen molar-refractivity contribution in [3.05, 3.63) is 96.1 Å². The van der Waals surface area contributed by atoms with Gasteiger partial charge in [-0.1, -0.05) is 77.6 Å². The van der Waals surface area contributed by atoms with Crippen molar-refractivity contribution in [2.24, 2.45) is 0 Å². The smallest absolute Gasteiger partial charge is 0.407 e. The maximum absolute atomic E-state index is 13.0. The molecular weight excluding hydrogens is 450 g/mol. The third kappa shape index (κ3) is 6.64. The molecule has 1 aromatic heterocycles. The number of para-hydroxylation sites is 1. The van der Waals surface area contributed by atoms with Crippen molar-refractivity contribution in [2.75, 3.05) is 6.54 Å². The van der Waals surface area contributed by atoms with Gasteiger partial charge >= 0.3 is 12.1 Å². The first-order chi connectivity index (χ1) is 17.1. The first kappa shape index (κ1) is 23.4. The Morgan fingerprint density at radius 2 is 1.51 bits per heavy atom. The Kier molecular flexibility index (Phi) is 7.64. The zero-order valence-electron chi connectivity index (χ0n) is 18.7. The van der Waals surface area contributed by atoms with Crippen LogP contribution in [0.15, 0.2) is 84.9 Å². The molecule has 0 aliphatic heterocycles. The van der Waals surface area contributed by atoms with E-state index >= 15 is 0 Å². The Hall–Kier alpha value is -4.73. The minimum Gasteiger partial charge on any atom is -0.445 e. The molecule has 0 spiro atoms. The van der Waals surface area contributed by atoms with E-state index in [1.54, 1.807) is 24.3 Å². The zero-order chi connectivity index (χ0) is 24.5. The lowest BCUT2D eigenvalue weighted by atomic mass is 10.1. The fourth-order valence-electron chi connectivity index (χ4n) is 3.28. The van der Waals surface area contributed by atoms with Crippen molar-refractivity contribution >= 4 is 29.0 Å². The lowest BCUT2D eigenvalue weighted by Gasteiger charge is -2.17. The topological polar surface area (TPSA) is 124 Å². The number of alkyl carbamates (subject to hydrolysis) is 1. The molecule has 2 N–H and O–H groups in total. The molecule has 10 heteroatoms. The number of aromatic nitrogens is 3. The van der Waals surface area contributed by atoms with Gasteiger partial charge in [-0.15, -0.1) is 5.10 Å². The molecule has 4 rings (SSSR count). The summed E-state index contributed by atoms with van der Waals surface area (Å²) in [6.45, 7) is -0.304. The summed E-state index contributed by atoms with van der Waals surface area (Å²) in [5.74, 6) is -1.31. The number of ether oxygens (including phenoxy) is 1. The van der Waals surface area contributed by atoms with E-state index in [1.807, 2.05) is 60.7 Å². The average Bonchev–Trinajstić information content (AvgIpc) is 3.30. The Morgan fingerprint density at radius 3 is 2.26 bits per heavy atom. The Balaban J connectivity index is 1.36. The number of hydrogen-bond acceptors (Lipinski definition) is 7. The number of hydrogen-bond donors (Lipinski definition) is 2. The second-order valence-electron chi connectivity index (χ2n) is 7.59. The van der Waals surface area contributed by atoms with Gasteiger partial charge in [-0.05, 0) is 28.5 Å². The van der Waals surface area contributed by atoms with Crippen LogP contribution in [0.1, 0.15) is 11.1 Å². The van der Waals surface area contributed by atoms with Crippen molar-refractivity contribution in [3.8, 4) is 0 Å². The molecule has 0 unspecified atom stereocenters. The summed E-state index contributed by atoms with van der Waals surface area (Å²) in [5.41, 5.74) is 2.70. The van der Waals surface area contributed by atoms with Crippen molar-refractivity contribution in [3.63, 3.8) is 0 Å². The van der Waals surface area contributed by atoms with Crippen LogP contribution in [0, 0.1) is 0 Å². The predicted molar refractivity (Wildman–Crippen MR) is 126 cm³/mol. The van der Waals surface area contributed by atoms with E-state index < -0.39 is 24.0 Å². The molecule has 3 aromatic carbocycles. The molecule has 35 heavy (non-hydrogen) atoms. The molecule has 0 bridgehead atoms. The normalized spacial score (nSPS) is 11.4. The number of benzene rings is 3. The number of nitrogens with one attached hydrogen (secondary N) is 2. The molecule has 2 amide bonds. The highest BCUT2D eigenvalue weighted by Crippen LogP contribution is 2.09. The minimum atomic E-state index is -1.03. The van der Waals surface area contributed by atoms with E-state index in [-0.39, 0.29) is 19.6 Å². The maximum Gasteiger partial charge on any atom is 0.407 e. The summed E-state index contributed by atoms with van der Waals surface area (Å²) in [5, 5.41) is 12.8. The van der Waals surface area contributed by atoms with E-state index in [4.69, 9.17) is 9.57 Å². The first-order valence-corrected chi connectivity index (χ1v) is 10.9. The lowest BCUT2D eigenvalue weighted by Crippen LogP contribution is -2.49. The van der Waals surface area contributed by atoms with E-state index in [9.17, 15) is 14.4 Å². The predicted octanol–water partition coefficient (Wildman–Crippen LogP) is 2.04. The summed E-state index contributed by atoms with van der Waals surface area (Å²) < 4.78 is 5.10. The number of carbonyl (C=O) groups excluding carboxylic acids is 3. The van der Waals surface area contributed by atoms with Gasteiger partial charge in [0.2, 0.25) is 5.91 Å². The number of fused-ring (bicyclic) bond motifs is 1. The second kappa shape index (κ2) is 11.4. The molecule has 0 saturated carbocycles. The maximum atomic E-state index is 13.0. The third-order valence-electron chi connectivity index (χ3n) is 5.01. The summed E-state index contributed by atoms with van der Waals surface area (Å²) in [6.07, 6.45) is -0.573. The monoisotopic (exact) mass is 473 g/mol. The van der Waals surface area contributed by atoms with Gasteiger partial charge < -0.3 is 20.2 Å². The van der Waals surface area contributed by atoms with E-state index in [0.29, 0.717) is 11.0 Å². The summed E-state index contributed by atoms with van der Waals surface area (Å²) in [7, 11) is 0. The van der Waals surface area contributed by atoms with Crippen molar-refractivity contribution < 1.29 is 24.0 Å². The Bertz CT molecular complexity index is 1290. The van der Waals surface area contributed by atoms with Crippen LogP contribution in [-0.2, 0) is 27.4 Å². The largest absolute Gasteiger partial charge is 0.445 e.